The van der Waals surface area contributed by atoms with Gasteiger partial charge in [0.1, 0.15) is 0 Å². The average molecular weight is 1100 g/mol. The topological polar surface area (TPSA) is 53.1 Å². The standard InChI is InChI=1S/C48H51N3Si.C13H8N3.Au/c1-33(2)40-26-18-27-41(34(3)4)47(40)50-32-51(48-42(35(5)6)28-19-29-43(48)36(7)8)45-31-49-46(30-44(45)50)52(37-20-12-9-13-21-37,38-22-14-10-15-23-38)39-24-16-11-17-25-39;1-3-7-11-9(5-1)14-13-15-10-6-2-4-8-12(10)16(11)13;/h9-31,33-36H,1-8H3;1-8H;/q;-1;. The number of hydrogen-bond donors (Lipinski definition) is 0. The summed E-state index contributed by atoms with van der Waals surface area (Å²) in [5.41, 5.74) is 14.1. The third-order valence-electron chi connectivity index (χ3n) is 13.6. The number of imidazole rings is 3. The van der Waals surface area contributed by atoms with E-state index in [4.69, 9.17) is 4.98 Å². The molecule has 0 atom stereocenters. The molecule has 0 fully saturated rings. The number of fused-ring (bicyclic) bond motifs is 6. The maximum absolute atomic E-state index is 5.57. The molecule has 4 heterocycles. The van der Waals surface area contributed by atoms with Gasteiger partial charge in [0.2, 0.25) is 8.07 Å². The van der Waals surface area contributed by atoms with Crippen molar-refractivity contribution in [1.82, 2.24) is 23.9 Å². The quantitative estimate of drug-likeness (QED) is 0.0593. The molecule has 8 heteroatoms. The number of nitrogens with zero attached hydrogens (tertiary/aromatic N) is 6. The van der Waals surface area contributed by atoms with E-state index in [0.29, 0.717) is 23.7 Å². The zero-order chi connectivity index (χ0) is 47.1. The summed E-state index contributed by atoms with van der Waals surface area (Å²) >= 11 is 0. The van der Waals surface area contributed by atoms with Gasteiger partial charge < -0.3 is 14.4 Å². The average Bonchev–Trinajstić information content (AvgIpc) is 4.05. The molecule has 6 nitrogen and oxygen atoms in total. The van der Waals surface area contributed by atoms with E-state index in [-0.39, 0.29) is 22.4 Å². The van der Waals surface area contributed by atoms with Crippen LogP contribution in [0.1, 0.15) is 101 Å². The summed E-state index contributed by atoms with van der Waals surface area (Å²) in [6.45, 7) is 18.4. The molecule has 11 rings (SSSR count). The molecule has 0 saturated carbocycles. The Hall–Kier alpha value is -6.61. The summed E-state index contributed by atoms with van der Waals surface area (Å²) in [5.74, 6) is 2.11. The van der Waals surface area contributed by atoms with Crippen molar-refractivity contribution in [2.75, 3.05) is 0 Å². The first kappa shape index (κ1) is 47.5. The first-order chi connectivity index (χ1) is 33.1. The van der Waals surface area contributed by atoms with Crippen LogP contribution in [0.4, 0.5) is 0 Å². The van der Waals surface area contributed by atoms with Crippen molar-refractivity contribution in [3.63, 3.8) is 0 Å². The monoisotopic (exact) mass is 1100 g/mol. The minimum Gasteiger partial charge on any atom is -0.366 e. The number of benzene rings is 7. The Morgan fingerprint density at radius 2 is 0.971 bits per heavy atom. The minimum absolute atomic E-state index is 0. The van der Waals surface area contributed by atoms with E-state index in [9.17, 15) is 0 Å². The van der Waals surface area contributed by atoms with Crippen molar-refractivity contribution in [3.05, 3.63) is 217 Å². The minimum atomic E-state index is -2.89. The van der Waals surface area contributed by atoms with Gasteiger partial charge in [-0.15, -0.1) is 0 Å². The zero-order valence-corrected chi connectivity index (χ0v) is 43.9. The van der Waals surface area contributed by atoms with Crippen LogP contribution in [0.25, 0.3) is 50.3 Å². The van der Waals surface area contributed by atoms with Crippen LogP contribution in [0.2, 0.25) is 0 Å². The Kier molecular flexibility index (Phi) is 13.6. The summed E-state index contributed by atoms with van der Waals surface area (Å²) in [5, 5.41) is 5.04. The first-order valence-corrected chi connectivity index (χ1v) is 26.2. The van der Waals surface area contributed by atoms with Crippen molar-refractivity contribution in [2.45, 2.75) is 79.1 Å². The second-order valence-corrected chi connectivity index (χ2v) is 22.9. The van der Waals surface area contributed by atoms with Gasteiger partial charge in [-0.3, -0.25) is 14.1 Å². The fourth-order valence-electron chi connectivity index (χ4n) is 10.3. The summed E-state index contributed by atoms with van der Waals surface area (Å²) in [6, 6.07) is 65.5. The molecule has 0 aliphatic heterocycles. The molecule has 0 aliphatic rings. The number of para-hydroxylation sites is 6. The van der Waals surface area contributed by atoms with E-state index >= 15 is 0 Å². The van der Waals surface area contributed by atoms with E-state index in [2.05, 4.69) is 237 Å². The predicted octanol–water partition coefficient (Wildman–Crippen LogP) is 11.6. The molecule has 11 aromatic rings. The van der Waals surface area contributed by atoms with Gasteiger partial charge in [0.15, 0.2) is 0 Å². The van der Waals surface area contributed by atoms with Crippen molar-refractivity contribution in [1.29, 1.82) is 0 Å². The van der Waals surface area contributed by atoms with Crippen molar-refractivity contribution >= 4 is 67.8 Å². The Morgan fingerprint density at radius 3 is 1.49 bits per heavy atom. The Morgan fingerprint density at radius 1 is 0.507 bits per heavy atom. The van der Waals surface area contributed by atoms with E-state index in [1.54, 1.807) is 0 Å². The number of hydrogen-bond acceptors (Lipinski definition) is 2. The van der Waals surface area contributed by atoms with Gasteiger partial charge in [0.25, 0.3) is 6.33 Å². The molecular weight excluding hydrogens is 1040 g/mol. The third kappa shape index (κ3) is 8.42. The molecule has 0 aliphatic carbocycles. The molecule has 0 spiro atoms. The maximum atomic E-state index is 5.57. The van der Waals surface area contributed by atoms with E-state index < -0.39 is 8.07 Å². The van der Waals surface area contributed by atoms with Crippen LogP contribution in [0.15, 0.2) is 188 Å². The molecule has 7 aromatic carbocycles. The number of rotatable bonds is 10. The smallest absolute Gasteiger partial charge is 0.269 e. The molecule has 349 valence electrons. The van der Waals surface area contributed by atoms with Crippen LogP contribution in [0, 0.1) is 6.33 Å². The SMILES string of the molecule is CC(C)c1cccc(C(C)C)c1-n1[c-][n+](-c2c(C(C)C)cccc2C(C)C)c2cnc([Si](c3ccccc3)(c3ccccc3)c3ccccc3)cc21.[Au].c1ccc2c(c1)nc1[n-]c3ccccc3n12. The van der Waals surface area contributed by atoms with Crippen LogP contribution < -0.4 is 30.4 Å². The van der Waals surface area contributed by atoms with Gasteiger partial charge in [-0.2, -0.15) is 0 Å². The predicted molar refractivity (Wildman–Crippen MR) is 285 cm³/mol. The summed E-state index contributed by atoms with van der Waals surface area (Å²) in [6.07, 6.45) is 6.15. The van der Waals surface area contributed by atoms with E-state index in [0.717, 1.165) is 44.2 Å². The van der Waals surface area contributed by atoms with Gasteiger partial charge in [0, 0.05) is 61.7 Å². The van der Waals surface area contributed by atoms with E-state index in [1.165, 1.54) is 49.2 Å². The molecule has 1 radical (unpaired) electrons. The molecule has 4 aromatic heterocycles. The Balaban J connectivity index is 0.000000290. The third-order valence-corrected chi connectivity index (χ3v) is 18.2. The largest absolute Gasteiger partial charge is 0.366 e. The second kappa shape index (κ2) is 19.8. The molecular formula is C61H59AuN6Si-. The Bertz CT molecular complexity index is 3320. The molecule has 0 N–H and O–H groups in total. The van der Waals surface area contributed by atoms with Crippen molar-refractivity contribution < 1.29 is 26.9 Å². The zero-order valence-electron chi connectivity index (χ0n) is 40.7. The van der Waals surface area contributed by atoms with Crippen LogP contribution in [-0.4, -0.2) is 27.0 Å². The first-order valence-electron chi connectivity index (χ1n) is 24.2. The number of aromatic nitrogens is 6. The molecule has 0 saturated heterocycles. The van der Waals surface area contributed by atoms with Crippen molar-refractivity contribution in [3.8, 4) is 11.4 Å². The van der Waals surface area contributed by atoms with E-state index in [1.807, 2.05) is 36.4 Å². The van der Waals surface area contributed by atoms with Gasteiger partial charge in [-0.25, -0.2) is 0 Å². The maximum Gasteiger partial charge on any atom is 0.269 e. The normalized spacial score (nSPS) is 11.9. The van der Waals surface area contributed by atoms with Crippen LogP contribution in [-0.2, 0) is 22.4 Å². The molecule has 69 heavy (non-hydrogen) atoms. The molecule has 0 unspecified atom stereocenters. The second-order valence-electron chi connectivity index (χ2n) is 19.2. The fraction of sp³-hybridized carbons (Fsp3) is 0.197. The molecule has 0 amide bonds. The fourth-order valence-corrected chi connectivity index (χ4v) is 14.8. The summed E-state index contributed by atoms with van der Waals surface area (Å²) in [4.78, 5) is 14.6. The van der Waals surface area contributed by atoms with Gasteiger partial charge in [0.05, 0.1) is 22.4 Å². The van der Waals surface area contributed by atoms with Crippen molar-refractivity contribution in [2.24, 2.45) is 0 Å². The van der Waals surface area contributed by atoms with Crippen LogP contribution >= 0.6 is 0 Å². The summed E-state index contributed by atoms with van der Waals surface area (Å²) in [7, 11) is -2.89. The van der Waals surface area contributed by atoms with Gasteiger partial charge in [-0.05, 0) is 67.6 Å². The Labute approximate surface area is 423 Å². The van der Waals surface area contributed by atoms with Crippen LogP contribution in [0.5, 0.6) is 0 Å². The van der Waals surface area contributed by atoms with Gasteiger partial charge >= 0.3 is 0 Å². The molecule has 0 bridgehead atoms. The van der Waals surface area contributed by atoms with Gasteiger partial charge in [-0.1, -0.05) is 231 Å². The van der Waals surface area contributed by atoms with Crippen LogP contribution in [0.3, 0.4) is 0 Å². The summed E-state index contributed by atoms with van der Waals surface area (Å²) < 4.78 is 6.81. The number of pyridine rings is 1.